The molecule has 0 radical (unpaired) electrons. The van der Waals surface area contributed by atoms with Gasteiger partial charge in [0.25, 0.3) is 15.9 Å². The van der Waals surface area contributed by atoms with Crippen LogP contribution in [0.3, 0.4) is 0 Å². The van der Waals surface area contributed by atoms with Crippen LogP contribution in [0.4, 0.5) is 15.8 Å². The molecule has 0 aromatic heterocycles. The number of hydrogen-bond donors (Lipinski definition) is 1. The predicted molar refractivity (Wildman–Crippen MR) is 103 cm³/mol. The first kappa shape index (κ1) is 20.1. The van der Waals surface area contributed by atoms with E-state index >= 15 is 0 Å². The lowest BCUT2D eigenvalue weighted by molar-refractivity contribution is -0.122. The Kier molecular flexibility index (Phi) is 5.85. The van der Waals surface area contributed by atoms with Crippen LogP contribution in [-0.2, 0) is 26.0 Å². The van der Waals surface area contributed by atoms with E-state index in [9.17, 15) is 17.6 Å². The smallest absolute Gasteiger partial charge is 0.262 e. The Bertz CT molecular complexity index is 994. The first-order chi connectivity index (χ1) is 13.4. The maximum absolute atomic E-state index is 14.0. The van der Waals surface area contributed by atoms with Crippen LogP contribution in [-0.4, -0.2) is 41.2 Å². The van der Waals surface area contributed by atoms with Crippen LogP contribution in [0.25, 0.3) is 0 Å². The lowest BCUT2D eigenvalue weighted by Crippen LogP contribution is -2.32. The highest BCUT2D eigenvalue weighted by molar-refractivity contribution is 7.92. The van der Waals surface area contributed by atoms with Crippen molar-refractivity contribution in [3.8, 4) is 5.75 Å². The summed E-state index contributed by atoms with van der Waals surface area (Å²) in [5.41, 5.74) is 1.87. The lowest BCUT2D eigenvalue weighted by atomic mass is 10.1. The molecule has 2 aromatic rings. The summed E-state index contributed by atoms with van der Waals surface area (Å²) in [6.45, 7) is 2.44. The number of hydrogen-bond acceptors (Lipinski definition) is 5. The highest BCUT2D eigenvalue weighted by Gasteiger charge is 2.25. The number of ether oxygens (including phenoxy) is 2. The van der Waals surface area contributed by atoms with Gasteiger partial charge in [-0.15, -0.1) is 0 Å². The average molecular weight is 408 g/mol. The Morgan fingerprint density at radius 1 is 1.25 bits per heavy atom. The fourth-order valence-corrected chi connectivity index (χ4v) is 4.10. The molecule has 0 spiro atoms. The maximum Gasteiger partial charge on any atom is 0.262 e. The molecular formula is C19H21FN2O5S. The molecule has 0 fully saturated rings. The van der Waals surface area contributed by atoms with Crippen molar-refractivity contribution in [2.24, 2.45) is 0 Å². The van der Waals surface area contributed by atoms with Gasteiger partial charge >= 0.3 is 0 Å². The number of fused-ring (bicyclic) bond motifs is 1. The van der Waals surface area contributed by atoms with E-state index in [1.807, 2.05) is 0 Å². The van der Waals surface area contributed by atoms with E-state index in [0.29, 0.717) is 18.7 Å². The molecule has 0 saturated heterocycles. The molecule has 0 bridgehead atoms. The number of rotatable bonds is 7. The maximum atomic E-state index is 14.0. The summed E-state index contributed by atoms with van der Waals surface area (Å²) < 4.78 is 51.7. The number of carbonyl (C=O) groups is 1. The molecule has 1 aliphatic rings. The standard InChI is InChI=1S/C19H21FN2O5S/c1-3-27-18-7-6-15(11-16(18)20)28(24,25)21-14-5-4-13-8-9-22(17(13)10-14)19(23)12-26-2/h4-7,10-11,21H,3,8-9,12H2,1-2H3. The fraction of sp³-hybridized carbons (Fsp3) is 0.316. The van der Waals surface area contributed by atoms with Gasteiger partial charge in [-0.1, -0.05) is 6.07 Å². The first-order valence-corrected chi connectivity index (χ1v) is 10.2. The van der Waals surface area contributed by atoms with Gasteiger partial charge < -0.3 is 14.4 Å². The van der Waals surface area contributed by atoms with Crippen LogP contribution in [0.15, 0.2) is 41.3 Å². The highest BCUT2D eigenvalue weighted by Crippen LogP contribution is 2.32. The Labute approximate surface area is 163 Å². The van der Waals surface area contributed by atoms with Crippen molar-refractivity contribution in [1.29, 1.82) is 0 Å². The molecule has 150 valence electrons. The number of anilines is 2. The molecule has 7 nitrogen and oxygen atoms in total. The molecule has 0 atom stereocenters. The summed E-state index contributed by atoms with van der Waals surface area (Å²) in [5.74, 6) is -0.962. The van der Waals surface area contributed by atoms with Crippen molar-refractivity contribution >= 4 is 27.3 Å². The fourth-order valence-electron chi connectivity index (χ4n) is 3.04. The number of halogens is 1. The Morgan fingerprint density at radius 3 is 2.71 bits per heavy atom. The van der Waals surface area contributed by atoms with Crippen molar-refractivity contribution in [1.82, 2.24) is 0 Å². The third-order valence-electron chi connectivity index (χ3n) is 4.32. The van der Waals surface area contributed by atoms with Gasteiger partial charge in [-0.2, -0.15) is 0 Å². The minimum atomic E-state index is -4.01. The molecular weight excluding hydrogens is 387 g/mol. The normalized spacial score (nSPS) is 13.3. The molecule has 1 N–H and O–H groups in total. The second-order valence-electron chi connectivity index (χ2n) is 6.20. The molecule has 1 heterocycles. The molecule has 0 unspecified atom stereocenters. The third-order valence-corrected chi connectivity index (χ3v) is 5.69. The topological polar surface area (TPSA) is 84.9 Å². The zero-order valence-corrected chi connectivity index (χ0v) is 16.4. The predicted octanol–water partition coefficient (Wildman–Crippen LogP) is 2.56. The van der Waals surface area contributed by atoms with Gasteiger partial charge in [0.05, 0.1) is 17.2 Å². The van der Waals surface area contributed by atoms with Gasteiger partial charge in [0.15, 0.2) is 11.6 Å². The van der Waals surface area contributed by atoms with E-state index < -0.39 is 15.8 Å². The largest absolute Gasteiger partial charge is 0.491 e. The summed E-state index contributed by atoms with van der Waals surface area (Å²) in [4.78, 5) is 13.5. The third kappa shape index (κ3) is 4.10. The number of amides is 1. The zero-order valence-electron chi connectivity index (χ0n) is 15.6. The van der Waals surface area contributed by atoms with Crippen LogP contribution in [0.5, 0.6) is 5.75 Å². The van der Waals surface area contributed by atoms with Gasteiger partial charge in [-0.05, 0) is 49.2 Å². The van der Waals surface area contributed by atoms with Crippen molar-refractivity contribution in [2.75, 3.05) is 36.5 Å². The summed E-state index contributed by atoms with van der Waals surface area (Å²) in [6.07, 6.45) is 0.682. The van der Waals surface area contributed by atoms with E-state index in [2.05, 4.69) is 4.72 Å². The second-order valence-corrected chi connectivity index (χ2v) is 7.89. The SMILES string of the molecule is CCOc1ccc(S(=O)(=O)Nc2ccc3c(c2)N(C(=O)COC)CC3)cc1F. The molecule has 3 rings (SSSR count). The number of carbonyl (C=O) groups excluding carboxylic acids is 1. The summed E-state index contributed by atoms with van der Waals surface area (Å²) >= 11 is 0. The number of nitrogens with one attached hydrogen (secondary N) is 1. The average Bonchev–Trinajstić information content (AvgIpc) is 3.06. The molecule has 0 aliphatic carbocycles. The van der Waals surface area contributed by atoms with Crippen LogP contribution in [0, 0.1) is 5.82 Å². The van der Waals surface area contributed by atoms with E-state index in [4.69, 9.17) is 9.47 Å². The monoisotopic (exact) mass is 408 g/mol. The van der Waals surface area contributed by atoms with E-state index in [1.54, 1.807) is 30.0 Å². The highest BCUT2D eigenvalue weighted by atomic mass is 32.2. The van der Waals surface area contributed by atoms with Crippen LogP contribution in [0.1, 0.15) is 12.5 Å². The molecule has 28 heavy (non-hydrogen) atoms. The lowest BCUT2D eigenvalue weighted by Gasteiger charge is -2.18. The van der Waals surface area contributed by atoms with E-state index in [1.165, 1.54) is 19.2 Å². The quantitative estimate of drug-likeness (QED) is 0.761. The molecule has 1 amide bonds. The van der Waals surface area contributed by atoms with Crippen molar-refractivity contribution in [2.45, 2.75) is 18.2 Å². The minimum Gasteiger partial charge on any atom is -0.491 e. The number of methoxy groups -OCH3 is 1. The van der Waals surface area contributed by atoms with E-state index in [-0.39, 0.29) is 35.5 Å². The zero-order chi connectivity index (χ0) is 20.3. The van der Waals surface area contributed by atoms with Gasteiger partial charge in [0.1, 0.15) is 6.61 Å². The van der Waals surface area contributed by atoms with E-state index in [0.717, 1.165) is 11.6 Å². The Balaban J connectivity index is 1.85. The van der Waals surface area contributed by atoms with Crippen molar-refractivity contribution < 1.29 is 27.1 Å². The molecule has 1 aliphatic heterocycles. The second kappa shape index (κ2) is 8.15. The van der Waals surface area contributed by atoms with Gasteiger partial charge in [0, 0.05) is 19.3 Å². The molecule has 0 saturated carbocycles. The van der Waals surface area contributed by atoms with Gasteiger partial charge in [-0.3, -0.25) is 9.52 Å². The number of sulfonamides is 1. The number of nitrogens with zero attached hydrogens (tertiary/aromatic N) is 1. The first-order valence-electron chi connectivity index (χ1n) is 8.73. The Hall–Kier alpha value is -2.65. The van der Waals surface area contributed by atoms with Crippen LogP contribution < -0.4 is 14.4 Å². The number of benzene rings is 2. The van der Waals surface area contributed by atoms with Crippen molar-refractivity contribution in [3.05, 3.63) is 47.8 Å². The summed E-state index contributed by atoms with van der Waals surface area (Å²) in [7, 11) is -2.57. The summed E-state index contributed by atoms with van der Waals surface area (Å²) in [6, 6.07) is 8.45. The van der Waals surface area contributed by atoms with Crippen LogP contribution >= 0.6 is 0 Å². The molecule has 2 aromatic carbocycles. The van der Waals surface area contributed by atoms with Gasteiger partial charge in [-0.25, -0.2) is 12.8 Å². The molecule has 9 heteroatoms. The Morgan fingerprint density at radius 2 is 2.04 bits per heavy atom. The van der Waals surface area contributed by atoms with Crippen LogP contribution in [0.2, 0.25) is 0 Å². The van der Waals surface area contributed by atoms with Gasteiger partial charge in [0.2, 0.25) is 0 Å². The van der Waals surface area contributed by atoms with Crippen molar-refractivity contribution in [3.63, 3.8) is 0 Å². The summed E-state index contributed by atoms with van der Waals surface area (Å²) in [5, 5.41) is 0. The minimum absolute atomic E-state index is 0.00808.